The van der Waals surface area contributed by atoms with Gasteiger partial charge in [-0.2, -0.15) is 0 Å². The van der Waals surface area contributed by atoms with Crippen LogP contribution >= 0.6 is 0 Å². The van der Waals surface area contributed by atoms with Gasteiger partial charge in [0.05, 0.1) is 5.41 Å². The zero-order valence-electron chi connectivity index (χ0n) is 32.1. The fraction of sp³-hybridized carbons (Fsp3) is 0.185. The number of fused-ring (bicyclic) bond motifs is 13. The molecule has 2 unspecified atom stereocenters. The molecule has 1 heteroatoms. The van der Waals surface area contributed by atoms with Gasteiger partial charge in [0, 0.05) is 22.5 Å². The molecule has 55 heavy (non-hydrogen) atoms. The minimum atomic E-state index is -0.396. The van der Waals surface area contributed by atoms with E-state index in [9.17, 15) is 0 Å². The molecule has 7 aromatic carbocycles. The van der Waals surface area contributed by atoms with Crippen LogP contribution in [0.3, 0.4) is 0 Å². The monoisotopic (exact) mass is 707 g/mol. The molecule has 0 amide bonds. The number of anilines is 3. The molecule has 11 rings (SSSR count). The van der Waals surface area contributed by atoms with Gasteiger partial charge in [0.15, 0.2) is 0 Å². The molecule has 266 valence electrons. The van der Waals surface area contributed by atoms with Crippen LogP contribution in [0.25, 0.3) is 33.4 Å². The number of nitrogens with zero attached hydrogens (tertiary/aromatic N) is 1. The van der Waals surface area contributed by atoms with E-state index in [-0.39, 0.29) is 10.8 Å². The van der Waals surface area contributed by atoms with E-state index in [0.717, 1.165) is 12.1 Å². The number of hydrogen-bond donors (Lipinski definition) is 0. The lowest BCUT2D eigenvalue weighted by atomic mass is 9.61. The summed E-state index contributed by atoms with van der Waals surface area (Å²) in [5, 5.41) is 0. The second-order valence-electron chi connectivity index (χ2n) is 17.1. The predicted octanol–water partition coefficient (Wildman–Crippen LogP) is 14.2. The molecular formula is C54H45N. The Kier molecular flexibility index (Phi) is 6.82. The first-order valence-corrected chi connectivity index (χ1v) is 20.0. The third-order valence-electron chi connectivity index (χ3n) is 14.2. The predicted molar refractivity (Wildman–Crippen MR) is 230 cm³/mol. The van der Waals surface area contributed by atoms with E-state index >= 15 is 0 Å². The molecule has 0 fully saturated rings. The maximum absolute atomic E-state index is 2.53. The molecule has 0 aromatic heterocycles. The van der Waals surface area contributed by atoms with E-state index in [1.807, 2.05) is 0 Å². The standard InChI is InChI=1S/C54H45N/c1-35-20-22-36(23-21-35)37-24-26-38(27-25-37)55(39-29-31-45-46-16-11-12-32-53(46,4)52(2,3)50(45)33-39)40-28-30-44-43-15-7-10-19-49(43)54(51(44)34-40)47-17-8-5-13-41(47)42-14-6-9-18-48(42)54/h5-10,12-15,17-34,46H,11,16H2,1-4H3. The Hall–Kier alpha value is -5.92. The van der Waals surface area contributed by atoms with Crippen molar-refractivity contribution in [1.82, 2.24) is 0 Å². The molecular weight excluding hydrogens is 663 g/mol. The third kappa shape index (κ3) is 4.30. The Labute approximate surface area is 325 Å². The first kappa shape index (κ1) is 32.5. The highest BCUT2D eigenvalue weighted by Crippen LogP contribution is 2.65. The number of aryl methyl sites for hydroxylation is 1. The van der Waals surface area contributed by atoms with E-state index in [1.165, 1.54) is 90.1 Å². The highest BCUT2D eigenvalue weighted by atomic mass is 15.1. The van der Waals surface area contributed by atoms with Crippen molar-refractivity contribution in [2.24, 2.45) is 5.41 Å². The lowest BCUT2D eigenvalue weighted by molar-refractivity contribution is 0.207. The molecule has 0 heterocycles. The molecule has 4 aliphatic rings. The van der Waals surface area contributed by atoms with Crippen LogP contribution < -0.4 is 4.90 Å². The van der Waals surface area contributed by atoms with Gasteiger partial charge >= 0.3 is 0 Å². The van der Waals surface area contributed by atoms with Gasteiger partial charge in [-0.3, -0.25) is 0 Å². The number of rotatable bonds is 4. The number of hydrogen-bond acceptors (Lipinski definition) is 1. The van der Waals surface area contributed by atoms with Crippen molar-refractivity contribution >= 4 is 17.1 Å². The fourth-order valence-electron chi connectivity index (χ4n) is 11.2. The van der Waals surface area contributed by atoms with Gasteiger partial charge in [0.1, 0.15) is 0 Å². The molecule has 0 aliphatic heterocycles. The lowest BCUT2D eigenvalue weighted by Gasteiger charge is -2.42. The van der Waals surface area contributed by atoms with Gasteiger partial charge < -0.3 is 4.90 Å². The second-order valence-corrected chi connectivity index (χ2v) is 17.1. The highest BCUT2D eigenvalue weighted by Gasteiger charge is 2.55. The molecule has 0 saturated carbocycles. The van der Waals surface area contributed by atoms with Gasteiger partial charge in [-0.15, -0.1) is 0 Å². The topological polar surface area (TPSA) is 3.24 Å². The van der Waals surface area contributed by atoms with Crippen LogP contribution in [0.2, 0.25) is 0 Å². The average molecular weight is 708 g/mol. The molecule has 0 bridgehead atoms. The van der Waals surface area contributed by atoms with Crippen LogP contribution in [-0.4, -0.2) is 0 Å². The van der Waals surface area contributed by atoms with E-state index in [1.54, 1.807) is 0 Å². The summed E-state index contributed by atoms with van der Waals surface area (Å²) in [6.45, 7) is 9.58. The summed E-state index contributed by atoms with van der Waals surface area (Å²) in [4.78, 5) is 2.51. The Balaban J connectivity index is 1.14. The normalized spacial score (nSPS) is 20.0. The first-order valence-electron chi connectivity index (χ1n) is 20.0. The minimum absolute atomic E-state index is 0.00179. The van der Waals surface area contributed by atoms with Gasteiger partial charge in [-0.25, -0.2) is 0 Å². The molecule has 2 atom stereocenters. The van der Waals surface area contributed by atoms with Crippen molar-refractivity contribution in [1.29, 1.82) is 0 Å². The maximum atomic E-state index is 2.53. The van der Waals surface area contributed by atoms with E-state index < -0.39 is 5.41 Å². The first-order chi connectivity index (χ1) is 26.8. The fourth-order valence-corrected chi connectivity index (χ4v) is 11.2. The van der Waals surface area contributed by atoms with Crippen molar-refractivity contribution in [2.45, 2.75) is 57.3 Å². The van der Waals surface area contributed by atoms with E-state index in [2.05, 4.69) is 202 Å². The molecule has 4 aliphatic carbocycles. The Morgan fingerprint density at radius 3 is 1.58 bits per heavy atom. The van der Waals surface area contributed by atoms with Crippen LogP contribution in [0.15, 0.2) is 170 Å². The Bertz CT molecular complexity index is 2650. The summed E-state index contributed by atoms with van der Waals surface area (Å²) in [5.41, 5.74) is 20.8. The zero-order valence-corrected chi connectivity index (χ0v) is 32.1. The van der Waals surface area contributed by atoms with Crippen molar-refractivity contribution in [3.05, 3.63) is 209 Å². The molecule has 7 aromatic rings. The van der Waals surface area contributed by atoms with Crippen molar-refractivity contribution in [3.63, 3.8) is 0 Å². The van der Waals surface area contributed by atoms with Crippen molar-refractivity contribution in [3.8, 4) is 33.4 Å². The van der Waals surface area contributed by atoms with E-state index in [4.69, 9.17) is 0 Å². The summed E-state index contributed by atoms with van der Waals surface area (Å²) in [5.74, 6) is 0.541. The smallest absolute Gasteiger partial charge is 0.0726 e. The van der Waals surface area contributed by atoms with Gasteiger partial charge in [0.25, 0.3) is 0 Å². The Morgan fingerprint density at radius 1 is 0.491 bits per heavy atom. The largest absolute Gasteiger partial charge is 0.310 e. The summed E-state index contributed by atoms with van der Waals surface area (Å²) in [7, 11) is 0. The molecule has 0 N–H and O–H groups in total. The van der Waals surface area contributed by atoms with Crippen LogP contribution in [0.1, 0.15) is 78.5 Å². The van der Waals surface area contributed by atoms with E-state index in [0.29, 0.717) is 5.92 Å². The highest BCUT2D eigenvalue weighted by molar-refractivity contribution is 5.96. The summed E-state index contributed by atoms with van der Waals surface area (Å²) >= 11 is 0. The molecule has 1 nitrogen and oxygen atoms in total. The van der Waals surface area contributed by atoms with Crippen molar-refractivity contribution in [2.75, 3.05) is 4.90 Å². The van der Waals surface area contributed by atoms with Crippen LogP contribution in [0.5, 0.6) is 0 Å². The van der Waals surface area contributed by atoms with Gasteiger partial charge in [-0.05, 0) is 134 Å². The second kappa shape index (κ2) is 11.5. The lowest BCUT2D eigenvalue weighted by Crippen LogP contribution is -2.37. The van der Waals surface area contributed by atoms with Crippen LogP contribution in [-0.2, 0) is 10.8 Å². The SMILES string of the molecule is Cc1ccc(-c2ccc(N(c3ccc4c(c3)C3(c5ccccc5-c5ccccc53)c3ccccc3-4)c3ccc4c(c3)C(C)(C)C3(C)C=CCCC43)cc2)cc1. The minimum Gasteiger partial charge on any atom is -0.310 e. The molecule has 1 spiro atoms. The molecule has 0 radical (unpaired) electrons. The van der Waals surface area contributed by atoms with Crippen LogP contribution in [0, 0.1) is 12.3 Å². The molecule has 0 saturated heterocycles. The van der Waals surface area contributed by atoms with Crippen molar-refractivity contribution < 1.29 is 0 Å². The summed E-state index contributed by atoms with van der Waals surface area (Å²) in [6, 6.07) is 60.0. The zero-order chi connectivity index (χ0) is 37.1. The van der Waals surface area contributed by atoms with Crippen LogP contribution in [0.4, 0.5) is 17.1 Å². The Morgan fingerprint density at radius 2 is 0.982 bits per heavy atom. The average Bonchev–Trinajstić information content (AvgIpc) is 3.75. The summed E-state index contributed by atoms with van der Waals surface area (Å²) in [6.07, 6.45) is 7.31. The third-order valence-corrected chi connectivity index (χ3v) is 14.2. The summed E-state index contributed by atoms with van der Waals surface area (Å²) < 4.78 is 0. The van der Waals surface area contributed by atoms with Gasteiger partial charge in [-0.1, -0.05) is 160 Å². The number of allylic oxidation sites excluding steroid dienone is 2. The number of benzene rings is 7. The van der Waals surface area contributed by atoms with Gasteiger partial charge in [0.2, 0.25) is 0 Å². The quantitative estimate of drug-likeness (QED) is 0.165. The maximum Gasteiger partial charge on any atom is 0.0726 e.